The third-order valence-electron chi connectivity index (χ3n) is 3.44. The number of hydrazine groups is 1. The third kappa shape index (κ3) is 5.09. The summed E-state index contributed by atoms with van der Waals surface area (Å²) in [5, 5.41) is 2.71. The Hall–Kier alpha value is -2.35. The Kier molecular flexibility index (Phi) is 6.36. The van der Waals surface area contributed by atoms with Crippen molar-refractivity contribution in [1.29, 1.82) is 0 Å². The second-order valence-electron chi connectivity index (χ2n) is 5.37. The van der Waals surface area contributed by atoms with Crippen molar-refractivity contribution in [2.24, 2.45) is 0 Å². The standard InChI is InChI=1S/C16H19BrN4O3/c1-11(10-14(22)18-13-7-3-2-6-12(13)17)19-20-15(23)16(24)21-8-4-5-9-21/h2-3,6-7,10,19H,4-5,8-9H2,1H3,(H,18,22)(H,20,23)/b11-10+. The van der Waals surface area contributed by atoms with Crippen LogP contribution >= 0.6 is 15.9 Å². The van der Waals surface area contributed by atoms with Crippen molar-refractivity contribution < 1.29 is 14.4 Å². The van der Waals surface area contributed by atoms with Gasteiger partial charge < -0.3 is 15.6 Å². The van der Waals surface area contributed by atoms with Crippen LogP contribution in [-0.4, -0.2) is 35.7 Å². The normalized spacial score (nSPS) is 14.2. The highest BCUT2D eigenvalue weighted by Gasteiger charge is 2.24. The average molecular weight is 395 g/mol. The number of likely N-dealkylation sites (tertiary alicyclic amines) is 1. The number of allylic oxidation sites excluding steroid dienone is 1. The van der Waals surface area contributed by atoms with Crippen LogP contribution in [0.25, 0.3) is 0 Å². The lowest BCUT2D eigenvalue weighted by Crippen LogP contribution is -2.46. The van der Waals surface area contributed by atoms with Crippen molar-refractivity contribution in [2.45, 2.75) is 19.8 Å². The number of rotatable bonds is 4. The van der Waals surface area contributed by atoms with E-state index in [2.05, 4.69) is 32.1 Å². The SMILES string of the molecule is C/C(=C\C(=O)Nc1ccccc1Br)NNC(=O)C(=O)N1CCCC1. The van der Waals surface area contributed by atoms with Crippen LogP contribution in [0, 0.1) is 0 Å². The smallest absolute Gasteiger partial charge is 0.327 e. The maximum atomic E-state index is 11.9. The Labute approximate surface area is 148 Å². The van der Waals surface area contributed by atoms with Gasteiger partial charge in [0.15, 0.2) is 0 Å². The third-order valence-corrected chi connectivity index (χ3v) is 4.13. The van der Waals surface area contributed by atoms with Crippen molar-refractivity contribution >= 4 is 39.3 Å². The first-order valence-electron chi connectivity index (χ1n) is 7.56. The van der Waals surface area contributed by atoms with Gasteiger partial charge in [0, 0.05) is 29.3 Å². The van der Waals surface area contributed by atoms with Crippen molar-refractivity contribution in [3.05, 3.63) is 40.5 Å². The van der Waals surface area contributed by atoms with Crippen molar-refractivity contribution in [3.63, 3.8) is 0 Å². The zero-order valence-corrected chi connectivity index (χ0v) is 14.9. The highest BCUT2D eigenvalue weighted by molar-refractivity contribution is 9.10. The summed E-state index contributed by atoms with van der Waals surface area (Å²) in [5.41, 5.74) is 5.91. The monoisotopic (exact) mass is 394 g/mol. The fraction of sp³-hybridized carbons (Fsp3) is 0.312. The van der Waals surface area contributed by atoms with E-state index in [4.69, 9.17) is 0 Å². The molecule has 0 atom stereocenters. The lowest BCUT2D eigenvalue weighted by Gasteiger charge is -2.15. The molecule has 1 aromatic rings. The molecule has 0 spiro atoms. The van der Waals surface area contributed by atoms with Gasteiger partial charge in [0.1, 0.15) is 0 Å². The molecule has 1 aliphatic rings. The van der Waals surface area contributed by atoms with E-state index in [9.17, 15) is 14.4 Å². The van der Waals surface area contributed by atoms with Gasteiger partial charge in [-0.1, -0.05) is 12.1 Å². The Balaban J connectivity index is 1.82. The minimum Gasteiger partial charge on any atom is -0.334 e. The zero-order chi connectivity index (χ0) is 17.5. The van der Waals surface area contributed by atoms with Gasteiger partial charge in [0.2, 0.25) is 5.91 Å². The summed E-state index contributed by atoms with van der Waals surface area (Å²) in [6.45, 7) is 2.82. The van der Waals surface area contributed by atoms with Crippen LogP contribution in [0.5, 0.6) is 0 Å². The Morgan fingerprint density at radius 2 is 1.79 bits per heavy atom. The number of para-hydroxylation sites is 1. The summed E-state index contributed by atoms with van der Waals surface area (Å²) < 4.78 is 0.766. The van der Waals surface area contributed by atoms with Crippen molar-refractivity contribution in [2.75, 3.05) is 18.4 Å². The average Bonchev–Trinajstić information content (AvgIpc) is 3.08. The summed E-state index contributed by atoms with van der Waals surface area (Å²) >= 11 is 3.34. The van der Waals surface area contributed by atoms with Crippen LogP contribution in [0.3, 0.4) is 0 Å². The van der Waals surface area contributed by atoms with E-state index in [-0.39, 0.29) is 5.91 Å². The molecule has 1 saturated heterocycles. The second kappa shape index (κ2) is 8.49. The van der Waals surface area contributed by atoms with Gasteiger partial charge in [0.05, 0.1) is 5.69 Å². The molecule has 1 aliphatic heterocycles. The fourth-order valence-electron chi connectivity index (χ4n) is 2.24. The highest BCUT2D eigenvalue weighted by Crippen LogP contribution is 2.21. The predicted octanol–water partition coefficient (Wildman–Crippen LogP) is 1.53. The van der Waals surface area contributed by atoms with E-state index in [1.165, 1.54) is 11.0 Å². The van der Waals surface area contributed by atoms with Crippen molar-refractivity contribution in [3.8, 4) is 0 Å². The minimum absolute atomic E-state index is 0.355. The van der Waals surface area contributed by atoms with Crippen molar-refractivity contribution in [1.82, 2.24) is 15.8 Å². The number of carbonyl (C=O) groups is 3. The fourth-order valence-corrected chi connectivity index (χ4v) is 2.62. The zero-order valence-electron chi connectivity index (χ0n) is 13.3. The number of benzene rings is 1. The van der Waals surface area contributed by atoms with Crippen LogP contribution in [0.1, 0.15) is 19.8 Å². The highest BCUT2D eigenvalue weighted by atomic mass is 79.9. The quantitative estimate of drug-likeness (QED) is 0.410. The molecule has 128 valence electrons. The summed E-state index contributed by atoms with van der Waals surface area (Å²) in [4.78, 5) is 37.0. The molecule has 3 N–H and O–H groups in total. The predicted molar refractivity (Wildman–Crippen MR) is 93.6 cm³/mol. The van der Waals surface area contributed by atoms with Crippen LogP contribution in [0.4, 0.5) is 5.69 Å². The molecule has 0 aliphatic carbocycles. The first kappa shape index (κ1) is 18.0. The van der Waals surface area contributed by atoms with E-state index >= 15 is 0 Å². The van der Waals surface area contributed by atoms with E-state index in [1.807, 2.05) is 12.1 Å². The molecule has 2 rings (SSSR count). The van der Waals surface area contributed by atoms with E-state index in [0.29, 0.717) is 24.5 Å². The number of hydrogen-bond acceptors (Lipinski definition) is 4. The molecule has 7 nitrogen and oxygen atoms in total. The molecule has 0 unspecified atom stereocenters. The number of nitrogens with one attached hydrogen (secondary N) is 3. The van der Waals surface area contributed by atoms with Gasteiger partial charge in [-0.05, 0) is 47.8 Å². The molecule has 1 fully saturated rings. The van der Waals surface area contributed by atoms with E-state index < -0.39 is 11.8 Å². The molecule has 8 heteroatoms. The van der Waals surface area contributed by atoms with Crippen LogP contribution in [0.2, 0.25) is 0 Å². The second-order valence-corrected chi connectivity index (χ2v) is 6.23. The molecular weight excluding hydrogens is 376 g/mol. The number of anilines is 1. The largest absolute Gasteiger partial charge is 0.334 e. The van der Waals surface area contributed by atoms with E-state index in [0.717, 1.165) is 17.3 Å². The number of amides is 3. The summed E-state index contributed by atoms with van der Waals surface area (Å²) in [6, 6.07) is 7.22. The lowest BCUT2D eigenvalue weighted by atomic mass is 10.3. The molecule has 24 heavy (non-hydrogen) atoms. The Morgan fingerprint density at radius 3 is 2.46 bits per heavy atom. The Morgan fingerprint density at radius 1 is 1.12 bits per heavy atom. The number of nitrogens with zero attached hydrogens (tertiary/aromatic N) is 1. The molecular formula is C16H19BrN4O3. The van der Waals surface area contributed by atoms with E-state index in [1.54, 1.807) is 19.1 Å². The van der Waals surface area contributed by atoms with Gasteiger partial charge in [-0.3, -0.25) is 19.8 Å². The Bertz CT molecular complexity index is 669. The molecule has 1 heterocycles. The topological polar surface area (TPSA) is 90.5 Å². The molecule has 1 aromatic carbocycles. The number of carbonyl (C=O) groups excluding carboxylic acids is 3. The first-order valence-corrected chi connectivity index (χ1v) is 8.36. The molecule has 0 saturated carbocycles. The van der Waals surface area contributed by atoms with Gasteiger partial charge in [-0.15, -0.1) is 0 Å². The lowest BCUT2D eigenvalue weighted by molar-refractivity contribution is -0.145. The van der Waals surface area contributed by atoms with Gasteiger partial charge in [-0.25, -0.2) is 0 Å². The summed E-state index contributed by atoms with van der Waals surface area (Å²) in [5.74, 6) is -1.66. The molecule has 0 aromatic heterocycles. The molecule has 0 bridgehead atoms. The molecule has 0 radical (unpaired) electrons. The first-order chi connectivity index (χ1) is 11.5. The summed E-state index contributed by atoms with van der Waals surface area (Å²) in [6.07, 6.45) is 3.13. The maximum Gasteiger partial charge on any atom is 0.327 e. The van der Waals surface area contributed by atoms with Crippen LogP contribution in [0.15, 0.2) is 40.5 Å². The summed E-state index contributed by atoms with van der Waals surface area (Å²) in [7, 11) is 0. The number of hydrogen-bond donors (Lipinski definition) is 3. The van der Waals surface area contributed by atoms with Gasteiger partial charge >= 0.3 is 11.8 Å². The molecule has 3 amide bonds. The minimum atomic E-state index is -0.740. The number of halogens is 1. The van der Waals surface area contributed by atoms with Gasteiger partial charge in [0.25, 0.3) is 0 Å². The van der Waals surface area contributed by atoms with Crippen LogP contribution in [-0.2, 0) is 14.4 Å². The van der Waals surface area contributed by atoms with Gasteiger partial charge in [-0.2, -0.15) is 0 Å². The maximum absolute atomic E-state index is 11.9. The van der Waals surface area contributed by atoms with Crippen LogP contribution < -0.4 is 16.2 Å².